The molecule has 3 aromatic rings. The Labute approximate surface area is 154 Å². The molecule has 0 N–H and O–H groups in total. The third kappa shape index (κ3) is 4.14. The van der Waals surface area contributed by atoms with Crippen molar-refractivity contribution in [2.45, 2.75) is 26.4 Å². The molecule has 5 nitrogen and oxygen atoms in total. The summed E-state index contributed by atoms with van der Waals surface area (Å²) in [6.07, 6.45) is 0.746. The Morgan fingerprint density at radius 2 is 1.96 bits per heavy atom. The first-order chi connectivity index (χ1) is 12.1. The lowest BCUT2D eigenvalue weighted by Crippen LogP contribution is -1.98. The topological polar surface area (TPSA) is 65.2 Å². The molecule has 1 aromatic heterocycles. The molecule has 0 saturated carbocycles. The van der Waals surface area contributed by atoms with Crippen LogP contribution in [0, 0.1) is 0 Å². The average Bonchev–Trinajstić information content (AvgIpc) is 3.09. The van der Waals surface area contributed by atoms with Gasteiger partial charge in [-0.25, -0.2) is 0 Å². The highest BCUT2D eigenvalue weighted by Gasteiger charge is 2.11. The molecule has 0 atom stereocenters. The maximum absolute atomic E-state index is 11.1. The standard InChI is InChI=1S/C19H17BrN2O3/c1-12(2)13-3-5-14(6-4-13)19-21-18(25-22-19)11-24-17-8-7-16(20)9-15(17)10-23/h3-10,12H,11H2,1-2H3. The molecule has 0 unspecified atom stereocenters. The summed E-state index contributed by atoms with van der Waals surface area (Å²) in [5, 5.41) is 3.99. The SMILES string of the molecule is CC(C)c1ccc(-c2noc(COc3ccc(Br)cc3C=O)n2)cc1. The number of carbonyl (C=O) groups excluding carboxylic acids is 1. The Morgan fingerprint density at radius 1 is 1.20 bits per heavy atom. The second-order valence-corrected chi connectivity index (χ2v) is 6.79. The molecule has 128 valence electrons. The van der Waals surface area contributed by atoms with Gasteiger partial charge in [0.1, 0.15) is 5.75 Å². The highest BCUT2D eigenvalue weighted by molar-refractivity contribution is 9.10. The number of ether oxygens (including phenoxy) is 1. The number of halogens is 1. The van der Waals surface area contributed by atoms with E-state index in [0.29, 0.717) is 28.9 Å². The van der Waals surface area contributed by atoms with Crippen LogP contribution in [0.1, 0.15) is 41.6 Å². The molecule has 0 radical (unpaired) electrons. The van der Waals surface area contributed by atoms with Crippen molar-refractivity contribution in [1.82, 2.24) is 10.1 Å². The maximum atomic E-state index is 11.1. The fraction of sp³-hybridized carbons (Fsp3) is 0.211. The van der Waals surface area contributed by atoms with E-state index in [1.165, 1.54) is 5.56 Å². The van der Waals surface area contributed by atoms with E-state index in [4.69, 9.17) is 9.26 Å². The van der Waals surface area contributed by atoms with Crippen LogP contribution < -0.4 is 4.74 Å². The highest BCUT2D eigenvalue weighted by Crippen LogP contribution is 2.24. The molecular weight excluding hydrogens is 384 g/mol. The zero-order valence-corrected chi connectivity index (χ0v) is 15.5. The van der Waals surface area contributed by atoms with Crippen LogP contribution in [0.4, 0.5) is 0 Å². The van der Waals surface area contributed by atoms with Gasteiger partial charge in [-0.05, 0) is 29.7 Å². The summed E-state index contributed by atoms with van der Waals surface area (Å²) in [7, 11) is 0. The van der Waals surface area contributed by atoms with Gasteiger partial charge in [-0.15, -0.1) is 0 Å². The summed E-state index contributed by atoms with van der Waals surface area (Å²) in [5.74, 6) is 1.81. The first kappa shape index (κ1) is 17.4. The number of aromatic nitrogens is 2. The van der Waals surface area contributed by atoms with Gasteiger partial charge in [-0.3, -0.25) is 4.79 Å². The number of rotatable bonds is 6. The van der Waals surface area contributed by atoms with Crippen molar-refractivity contribution in [3.05, 3.63) is 64.0 Å². The monoisotopic (exact) mass is 400 g/mol. The van der Waals surface area contributed by atoms with Gasteiger partial charge in [0.2, 0.25) is 5.82 Å². The van der Waals surface area contributed by atoms with E-state index in [-0.39, 0.29) is 6.61 Å². The minimum atomic E-state index is 0.0968. The van der Waals surface area contributed by atoms with E-state index in [0.717, 1.165) is 16.3 Å². The number of hydrogen-bond donors (Lipinski definition) is 0. The fourth-order valence-corrected chi connectivity index (χ4v) is 2.71. The van der Waals surface area contributed by atoms with E-state index in [2.05, 4.69) is 52.1 Å². The van der Waals surface area contributed by atoms with Gasteiger partial charge < -0.3 is 9.26 Å². The van der Waals surface area contributed by atoms with Gasteiger partial charge in [-0.2, -0.15) is 4.98 Å². The maximum Gasteiger partial charge on any atom is 0.264 e. The Balaban J connectivity index is 1.71. The predicted octanol–water partition coefficient (Wildman–Crippen LogP) is 5.01. The lowest BCUT2D eigenvalue weighted by molar-refractivity contribution is 0.111. The van der Waals surface area contributed by atoms with Crippen molar-refractivity contribution in [2.24, 2.45) is 0 Å². The van der Waals surface area contributed by atoms with Crippen molar-refractivity contribution in [1.29, 1.82) is 0 Å². The van der Waals surface area contributed by atoms with Gasteiger partial charge >= 0.3 is 0 Å². The van der Waals surface area contributed by atoms with Crippen LogP contribution in [0.15, 0.2) is 51.5 Å². The van der Waals surface area contributed by atoms with E-state index in [1.807, 2.05) is 12.1 Å². The quantitative estimate of drug-likeness (QED) is 0.543. The molecule has 0 saturated heterocycles. The van der Waals surface area contributed by atoms with Gasteiger partial charge in [0.25, 0.3) is 5.89 Å². The number of carbonyl (C=O) groups is 1. The van der Waals surface area contributed by atoms with Crippen LogP contribution in [0.3, 0.4) is 0 Å². The summed E-state index contributed by atoms with van der Waals surface area (Å²) in [6, 6.07) is 13.3. The molecule has 1 heterocycles. The summed E-state index contributed by atoms with van der Waals surface area (Å²) < 4.78 is 11.7. The predicted molar refractivity (Wildman–Crippen MR) is 97.7 cm³/mol. The summed E-state index contributed by atoms with van der Waals surface area (Å²) in [5.41, 5.74) is 2.60. The number of benzene rings is 2. The van der Waals surface area contributed by atoms with Crippen LogP contribution >= 0.6 is 15.9 Å². The van der Waals surface area contributed by atoms with E-state index >= 15 is 0 Å². The van der Waals surface area contributed by atoms with Crippen molar-refractivity contribution >= 4 is 22.2 Å². The summed E-state index contributed by atoms with van der Waals surface area (Å²) in [6.45, 7) is 4.39. The van der Waals surface area contributed by atoms with E-state index < -0.39 is 0 Å². The lowest BCUT2D eigenvalue weighted by Gasteiger charge is -2.06. The summed E-state index contributed by atoms with van der Waals surface area (Å²) >= 11 is 3.32. The smallest absolute Gasteiger partial charge is 0.264 e. The van der Waals surface area contributed by atoms with E-state index in [9.17, 15) is 4.79 Å². The zero-order chi connectivity index (χ0) is 17.8. The molecule has 2 aromatic carbocycles. The molecule has 6 heteroatoms. The third-order valence-electron chi connectivity index (χ3n) is 3.75. The Hall–Kier alpha value is -2.47. The van der Waals surface area contributed by atoms with Crippen LogP contribution in [0.2, 0.25) is 0 Å². The number of nitrogens with zero attached hydrogens (tertiary/aromatic N) is 2. The fourth-order valence-electron chi connectivity index (χ4n) is 2.33. The second kappa shape index (κ2) is 7.61. The molecular formula is C19H17BrN2O3. The second-order valence-electron chi connectivity index (χ2n) is 5.88. The molecule has 25 heavy (non-hydrogen) atoms. The van der Waals surface area contributed by atoms with Gasteiger partial charge in [0.05, 0.1) is 5.56 Å². The van der Waals surface area contributed by atoms with Gasteiger partial charge in [0.15, 0.2) is 12.9 Å². The van der Waals surface area contributed by atoms with Gasteiger partial charge in [0, 0.05) is 10.0 Å². The first-order valence-corrected chi connectivity index (χ1v) is 8.66. The first-order valence-electron chi connectivity index (χ1n) is 7.87. The molecule has 0 amide bonds. The largest absolute Gasteiger partial charge is 0.483 e. The molecule has 3 rings (SSSR count). The molecule has 0 spiro atoms. The molecule has 0 aliphatic heterocycles. The lowest BCUT2D eigenvalue weighted by atomic mass is 10.0. The highest BCUT2D eigenvalue weighted by atomic mass is 79.9. The Morgan fingerprint density at radius 3 is 2.64 bits per heavy atom. The molecule has 0 fully saturated rings. The molecule has 0 bridgehead atoms. The Bertz CT molecular complexity index is 873. The van der Waals surface area contributed by atoms with Crippen molar-refractivity contribution in [2.75, 3.05) is 0 Å². The van der Waals surface area contributed by atoms with Crippen LogP contribution in [0.5, 0.6) is 5.75 Å². The van der Waals surface area contributed by atoms with Crippen molar-refractivity contribution in [3.63, 3.8) is 0 Å². The van der Waals surface area contributed by atoms with Gasteiger partial charge in [-0.1, -0.05) is 59.2 Å². The molecule has 0 aliphatic rings. The van der Waals surface area contributed by atoms with Crippen molar-refractivity contribution in [3.8, 4) is 17.1 Å². The Kier molecular flexibility index (Phi) is 5.28. The average molecular weight is 401 g/mol. The summed E-state index contributed by atoms with van der Waals surface area (Å²) in [4.78, 5) is 15.4. The third-order valence-corrected chi connectivity index (χ3v) is 4.25. The molecule has 0 aliphatic carbocycles. The minimum absolute atomic E-state index is 0.0968. The van der Waals surface area contributed by atoms with Crippen LogP contribution in [-0.2, 0) is 6.61 Å². The van der Waals surface area contributed by atoms with Crippen LogP contribution in [-0.4, -0.2) is 16.4 Å². The normalized spacial score (nSPS) is 10.9. The minimum Gasteiger partial charge on any atom is -0.483 e. The van der Waals surface area contributed by atoms with Crippen LogP contribution in [0.25, 0.3) is 11.4 Å². The zero-order valence-electron chi connectivity index (χ0n) is 13.9. The van der Waals surface area contributed by atoms with E-state index in [1.54, 1.807) is 18.2 Å². The number of hydrogen-bond acceptors (Lipinski definition) is 5. The number of aldehydes is 1. The van der Waals surface area contributed by atoms with Crippen molar-refractivity contribution < 1.29 is 14.1 Å².